The number of piperidine rings is 1. The van der Waals surface area contributed by atoms with Crippen LogP contribution < -0.4 is 5.73 Å². The number of rotatable bonds is 4. The molecule has 0 saturated carbocycles. The zero-order valence-electron chi connectivity index (χ0n) is 12.0. The lowest BCUT2D eigenvalue weighted by Gasteiger charge is -2.31. The van der Waals surface area contributed by atoms with E-state index >= 15 is 0 Å². The van der Waals surface area contributed by atoms with Gasteiger partial charge in [0.15, 0.2) is 0 Å². The fraction of sp³-hybridized carbons (Fsp3) is 0.562. The van der Waals surface area contributed by atoms with Crippen molar-refractivity contribution in [1.82, 2.24) is 4.90 Å². The summed E-state index contributed by atoms with van der Waals surface area (Å²) in [5.74, 6) is 0.276. The highest BCUT2D eigenvalue weighted by Gasteiger charge is 2.24. The standard InChI is InChI=1S/C16H23FN2O/c1-12-6-8-19(9-7-12)16(20)10-13(11-18)14-4-2-3-5-15(14)17/h2-5,12-13H,6-11,18H2,1H3. The number of nitrogens with two attached hydrogens (primary N) is 1. The Kier molecular flexibility index (Phi) is 5.12. The number of hydrogen-bond acceptors (Lipinski definition) is 2. The molecule has 0 spiro atoms. The zero-order chi connectivity index (χ0) is 14.5. The first kappa shape index (κ1) is 15.0. The van der Waals surface area contributed by atoms with Gasteiger partial charge in [0, 0.05) is 25.4 Å². The summed E-state index contributed by atoms with van der Waals surface area (Å²) >= 11 is 0. The van der Waals surface area contributed by atoms with Crippen LogP contribution >= 0.6 is 0 Å². The molecular formula is C16H23FN2O. The van der Waals surface area contributed by atoms with E-state index in [1.807, 2.05) is 4.90 Å². The molecule has 1 aliphatic heterocycles. The minimum absolute atomic E-state index is 0.0932. The molecule has 1 atom stereocenters. The number of benzene rings is 1. The van der Waals surface area contributed by atoms with Crippen molar-refractivity contribution in [3.8, 4) is 0 Å². The van der Waals surface area contributed by atoms with Gasteiger partial charge in [-0.2, -0.15) is 0 Å². The van der Waals surface area contributed by atoms with Crippen LogP contribution in [0.4, 0.5) is 4.39 Å². The predicted octanol–water partition coefficient (Wildman–Crippen LogP) is 2.52. The van der Waals surface area contributed by atoms with Gasteiger partial charge in [0.25, 0.3) is 0 Å². The van der Waals surface area contributed by atoms with Crippen LogP contribution in [0.25, 0.3) is 0 Å². The van der Waals surface area contributed by atoms with Gasteiger partial charge in [-0.15, -0.1) is 0 Å². The van der Waals surface area contributed by atoms with E-state index in [2.05, 4.69) is 6.92 Å². The number of carbonyl (C=O) groups excluding carboxylic acids is 1. The van der Waals surface area contributed by atoms with E-state index < -0.39 is 0 Å². The Bertz CT molecular complexity index is 456. The van der Waals surface area contributed by atoms with Crippen LogP contribution in [-0.2, 0) is 4.79 Å². The molecule has 1 amide bonds. The third kappa shape index (κ3) is 3.57. The van der Waals surface area contributed by atoms with Gasteiger partial charge < -0.3 is 10.6 Å². The zero-order valence-corrected chi connectivity index (χ0v) is 12.0. The number of amides is 1. The van der Waals surface area contributed by atoms with Crippen LogP contribution in [0.2, 0.25) is 0 Å². The van der Waals surface area contributed by atoms with Crippen molar-refractivity contribution in [2.45, 2.75) is 32.1 Å². The second-order valence-electron chi connectivity index (χ2n) is 5.72. The summed E-state index contributed by atoms with van der Waals surface area (Å²) in [6, 6.07) is 6.58. The maximum absolute atomic E-state index is 13.8. The minimum atomic E-state index is -0.275. The van der Waals surface area contributed by atoms with E-state index in [0.29, 0.717) is 17.9 Å². The quantitative estimate of drug-likeness (QED) is 0.920. The molecule has 0 bridgehead atoms. The van der Waals surface area contributed by atoms with Crippen LogP contribution in [0.1, 0.15) is 37.7 Å². The molecule has 1 fully saturated rings. The van der Waals surface area contributed by atoms with Gasteiger partial charge in [0.05, 0.1) is 0 Å². The lowest BCUT2D eigenvalue weighted by atomic mass is 9.93. The Morgan fingerprint density at radius 1 is 1.40 bits per heavy atom. The van der Waals surface area contributed by atoms with Gasteiger partial charge in [0.1, 0.15) is 5.82 Å². The molecule has 0 aliphatic carbocycles. The summed E-state index contributed by atoms with van der Waals surface area (Å²) in [4.78, 5) is 14.2. The summed E-state index contributed by atoms with van der Waals surface area (Å²) < 4.78 is 13.8. The fourth-order valence-corrected chi connectivity index (χ4v) is 2.72. The molecule has 0 radical (unpaired) electrons. The van der Waals surface area contributed by atoms with Crippen LogP contribution in [0.15, 0.2) is 24.3 Å². The van der Waals surface area contributed by atoms with Gasteiger partial charge >= 0.3 is 0 Å². The molecule has 0 aromatic heterocycles. The largest absolute Gasteiger partial charge is 0.343 e. The summed E-state index contributed by atoms with van der Waals surface area (Å²) in [5.41, 5.74) is 6.29. The van der Waals surface area contributed by atoms with Crippen LogP contribution in [0.3, 0.4) is 0 Å². The topological polar surface area (TPSA) is 46.3 Å². The highest BCUT2D eigenvalue weighted by atomic mass is 19.1. The summed E-state index contributed by atoms with van der Waals surface area (Å²) in [6.45, 7) is 4.13. The second-order valence-corrected chi connectivity index (χ2v) is 5.72. The molecule has 4 heteroatoms. The Morgan fingerprint density at radius 3 is 2.65 bits per heavy atom. The molecule has 2 N–H and O–H groups in total. The van der Waals surface area contributed by atoms with Crippen LogP contribution in [0.5, 0.6) is 0 Å². The molecule has 1 saturated heterocycles. The first-order valence-corrected chi connectivity index (χ1v) is 7.34. The van der Waals surface area contributed by atoms with E-state index in [1.54, 1.807) is 18.2 Å². The number of carbonyl (C=O) groups is 1. The predicted molar refractivity (Wildman–Crippen MR) is 77.8 cm³/mol. The molecule has 110 valence electrons. The first-order valence-electron chi connectivity index (χ1n) is 7.34. The highest BCUT2D eigenvalue weighted by Crippen LogP contribution is 2.24. The van der Waals surface area contributed by atoms with Gasteiger partial charge in [0.2, 0.25) is 5.91 Å². The monoisotopic (exact) mass is 278 g/mol. The molecule has 3 nitrogen and oxygen atoms in total. The molecule has 1 aromatic rings. The molecule has 1 aliphatic rings. The fourth-order valence-electron chi connectivity index (χ4n) is 2.72. The Balaban J connectivity index is 2.00. The van der Waals surface area contributed by atoms with E-state index in [9.17, 15) is 9.18 Å². The third-order valence-electron chi connectivity index (χ3n) is 4.19. The molecular weight excluding hydrogens is 255 g/mol. The highest BCUT2D eigenvalue weighted by molar-refractivity contribution is 5.77. The van der Waals surface area contributed by atoms with Crippen LogP contribution in [-0.4, -0.2) is 30.4 Å². The van der Waals surface area contributed by atoms with Crippen molar-refractivity contribution >= 4 is 5.91 Å². The molecule has 1 heterocycles. The number of likely N-dealkylation sites (tertiary alicyclic amines) is 1. The van der Waals surface area contributed by atoms with Gasteiger partial charge in [-0.05, 0) is 36.9 Å². The van der Waals surface area contributed by atoms with E-state index in [-0.39, 0.29) is 24.2 Å². The average molecular weight is 278 g/mol. The number of halogens is 1. The van der Waals surface area contributed by atoms with Gasteiger partial charge in [-0.25, -0.2) is 4.39 Å². The molecule has 1 aromatic carbocycles. The molecule has 20 heavy (non-hydrogen) atoms. The lowest BCUT2D eigenvalue weighted by molar-refractivity contribution is -0.132. The van der Waals surface area contributed by atoms with Crippen molar-refractivity contribution in [1.29, 1.82) is 0 Å². The van der Waals surface area contributed by atoms with Crippen molar-refractivity contribution in [3.63, 3.8) is 0 Å². The summed E-state index contributed by atoms with van der Waals surface area (Å²) in [7, 11) is 0. The third-order valence-corrected chi connectivity index (χ3v) is 4.19. The molecule has 1 unspecified atom stereocenters. The maximum Gasteiger partial charge on any atom is 0.223 e. The van der Waals surface area contributed by atoms with Gasteiger partial charge in [-0.3, -0.25) is 4.79 Å². The Labute approximate surface area is 120 Å². The number of nitrogens with zero attached hydrogens (tertiary/aromatic N) is 1. The Morgan fingerprint density at radius 2 is 2.05 bits per heavy atom. The summed E-state index contributed by atoms with van der Waals surface area (Å²) in [5, 5.41) is 0. The van der Waals surface area contributed by atoms with Crippen molar-refractivity contribution in [2.24, 2.45) is 11.7 Å². The van der Waals surface area contributed by atoms with E-state index in [0.717, 1.165) is 25.9 Å². The number of hydrogen-bond donors (Lipinski definition) is 1. The SMILES string of the molecule is CC1CCN(C(=O)CC(CN)c2ccccc2F)CC1. The summed E-state index contributed by atoms with van der Waals surface area (Å²) in [6.07, 6.45) is 2.41. The smallest absolute Gasteiger partial charge is 0.223 e. The van der Waals surface area contributed by atoms with Gasteiger partial charge in [-0.1, -0.05) is 25.1 Å². The van der Waals surface area contributed by atoms with Crippen LogP contribution in [0, 0.1) is 11.7 Å². The normalized spacial score (nSPS) is 18.1. The second kappa shape index (κ2) is 6.84. The Hall–Kier alpha value is -1.42. The van der Waals surface area contributed by atoms with Crippen molar-refractivity contribution in [3.05, 3.63) is 35.6 Å². The average Bonchev–Trinajstić information content (AvgIpc) is 2.46. The lowest BCUT2D eigenvalue weighted by Crippen LogP contribution is -2.39. The van der Waals surface area contributed by atoms with Crippen molar-refractivity contribution < 1.29 is 9.18 Å². The van der Waals surface area contributed by atoms with E-state index in [1.165, 1.54) is 6.07 Å². The minimum Gasteiger partial charge on any atom is -0.343 e. The first-order chi connectivity index (χ1) is 9.61. The van der Waals surface area contributed by atoms with E-state index in [4.69, 9.17) is 5.73 Å². The maximum atomic E-state index is 13.8. The molecule has 2 rings (SSSR count). The van der Waals surface area contributed by atoms with Crippen molar-refractivity contribution in [2.75, 3.05) is 19.6 Å².